The third-order valence-corrected chi connectivity index (χ3v) is 6.22. The fourth-order valence-electron chi connectivity index (χ4n) is 3.17. The van der Waals surface area contributed by atoms with Gasteiger partial charge in [0.05, 0.1) is 12.0 Å². The van der Waals surface area contributed by atoms with E-state index in [9.17, 15) is 13.2 Å². The summed E-state index contributed by atoms with van der Waals surface area (Å²) < 4.78 is 32.9. The number of carbonyl (C=O) groups is 1. The van der Waals surface area contributed by atoms with Crippen molar-refractivity contribution >= 4 is 16.1 Å². The van der Waals surface area contributed by atoms with Gasteiger partial charge in [0.25, 0.3) is 0 Å². The van der Waals surface area contributed by atoms with E-state index in [0.717, 1.165) is 0 Å². The summed E-state index contributed by atoms with van der Waals surface area (Å²) in [5, 5.41) is 0. The minimum Gasteiger partial charge on any atom is -0.497 e. The van der Waals surface area contributed by atoms with Gasteiger partial charge in [-0.2, -0.15) is 4.31 Å². The van der Waals surface area contributed by atoms with Gasteiger partial charge in [-0.05, 0) is 37.1 Å². The minimum absolute atomic E-state index is 0.0399. The van der Waals surface area contributed by atoms with Crippen LogP contribution in [0.2, 0.25) is 0 Å². The highest BCUT2D eigenvalue weighted by atomic mass is 32.2. The molecule has 1 saturated heterocycles. The Morgan fingerprint density at radius 2 is 1.80 bits per heavy atom. The molecule has 7 nitrogen and oxygen atoms in total. The average molecular weight is 369 g/mol. The molecule has 1 aliphatic rings. The third-order valence-electron chi connectivity index (χ3n) is 4.36. The van der Waals surface area contributed by atoms with Gasteiger partial charge in [-0.3, -0.25) is 0 Å². The molecule has 2 amide bonds. The van der Waals surface area contributed by atoms with Crippen LogP contribution >= 0.6 is 0 Å². The van der Waals surface area contributed by atoms with E-state index >= 15 is 0 Å². The zero-order valence-corrected chi connectivity index (χ0v) is 16.4. The van der Waals surface area contributed by atoms with Crippen molar-refractivity contribution in [3.8, 4) is 5.75 Å². The number of nitrogens with zero attached hydrogens (tertiary/aromatic N) is 3. The van der Waals surface area contributed by atoms with Gasteiger partial charge < -0.3 is 14.5 Å². The summed E-state index contributed by atoms with van der Waals surface area (Å²) in [4.78, 5) is 15.9. The maximum atomic E-state index is 13.2. The molecule has 0 N–H and O–H groups in total. The molecule has 0 bridgehead atoms. The molecule has 1 aromatic rings. The maximum Gasteiger partial charge on any atom is 0.321 e. The van der Waals surface area contributed by atoms with Crippen molar-refractivity contribution in [3.05, 3.63) is 24.3 Å². The molecule has 1 aromatic carbocycles. The largest absolute Gasteiger partial charge is 0.497 e. The van der Waals surface area contributed by atoms with E-state index in [4.69, 9.17) is 4.74 Å². The van der Waals surface area contributed by atoms with E-state index in [-0.39, 0.29) is 29.4 Å². The zero-order chi connectivity index (χ0) is 18.9. The van der Waals surface area contributed by atoms with Gasteiger partial charge in [0.15, 0.2) is 0 Å². The van der Waals surface area contributed by atoms with Crippen LogP contribution < -0.4 is 4.74 Å². The molecule has 8 heteroatoms. The Kier molecular flexibility index (Phi) is 5.63. The quantitative estimate of drug-likeness (QED) is 0.814. The molecule has 0 unspecified atom stereocenters. The van der Waals surface area contributed by atoms with Crippen molar-refractivity contribution in [1.29, 1.82) is 0 Å². The van der Waals surface area contributed by atoms with Crippen LogP contribution in [0.25, 0.3) is 0 Å². The number of methoxy groups -OCH3 is 1. The summed E-state index contributed by atoms with van der Waals surface area (Å²) in [7, 11) is 1.16. The minimum atomic E-state index is -3.72. The first-order chi connectivity index (χ1) is 11.6. The number of ether oxygens (including phenoxy) is 1. The predicted octanol–water partition coefficient (Wildman–Crippen LogP) is 2.05. The number of sulfonamides is 1. The van der Waals surface area contributed by atoms with Crippen LogP contribution in [-0.4, -0.2) is 68.5 Å². The molecule has 0 saturated carbocycles. The molecule has 0 aromatic heterocycles. The highest BCUT2D eigenvalue weighted by molar-refractivity contribution is 7.89. The Morgan fingerprint density at radius 3 is 2.24 bits per heavy atom. The summed E-state index contributed by atoms with van der Waals surface area (Å²) in [5.41, 5.74) is 0. The van der Waals surface area contributed by atoms with Gasteiger partial charge >= 0.3 is 6.03 Å². The van der Waals surface area contributed by atoms with Gasteiger partial charge in [0.1, 0.15) is 11.9 Å². The molecule has 25 heavy (non-hydrogen) atoms. The van der Waals surface area contributed by atoms with E-state index in [1.54, 1.807) is 31.1 Å². The third kappa shape index (κ3) is 3.59. The summed E-state index contributed by atoms with van der Waals surface area (Å²) >= 11 is 0. The summed E-state index contributed by atoms with van der Waals surface area (Å²) in [5.74, 6) is 0.556. The van der Waals surface area contributed by atoms with Crippen LogP contribution in [0, 0.1) is 5.92 Å². The van der Waals surface area contributed by atoms with Gasteiger partial charge in [0, 0.05) is 26.7 Å². The van der Waals surface area contributed by atoms with Gasteiger partial charge in [-0.15, -0.1) is 0 Å². The van der Waals surface area contributed by atoms with E-state index in [2.05, 4.69) is 0 Å². The van der Waals surface area contributed by atoms with E-state index in [1.807, 2.05) is 20.8 Å². The lowest BCUT2D eigenvalue weighted by Crippen LogP contribution is -2.51. The highest BCUT2D eigenvalue weighted by Gasteiger charge is 2.47. The Hall–Kier alpha value is -1.80. The monoisotopic (exact) mass is 369 g/mol. The molecule has 1 heterocycles. The first kappa shape index (κ1) is 19.5. The van der Waals surface area contributed by atoms with Crippen molar-refractivity contribution in [3.63, 3.8) is 0 Å². The van der Waals surface area contributed by atoms with Crippen LogP contribution in [0.4, 0.5) is 4.79 Å². The molecule has 0 radical (unpaired) electrons. The standard InChI is InChI=1S/C17H27N3O4S/c1-12(2)16-19(11-13(3)20(16)17(21)18(4)5)25(22,23)15-9-7-14(24-6)8-10-15/h7-10,12-13,16H,11H2,1-6H3/t13-,16+/m0/s1. The molecular formula is C17H27N3O4S. The Bertz CT molecular complexity index is 716. The normalized spacial score (nSPS) is 21.6. The topological polar surface area (TPSA) is 70.2 Å². The number of benzene rings is 1. The van der Waals surface area contributed by atoms with Crippen molar-refractivity contribution in [1.82, 2.24) is 14.1 Å². The van der Waals surface area contributed by atoms with E-state index in [0.29, 0.717) is 5.75 Å². The number of amides is 2. The first-order valence-electron chi connectivity index (χ1n) is 8.26. The molecule has 0 spiro atoms. The number of carbonyl (C=O) groups excluding carboxylic acids is 1. The van der Waals surface area contributed by atoms with Gasteiger partial charge in [0.2, 0.25) is 10.0 Å². The average Bonchev–Trinajstić information content (AvgIpc) is 2.92. The summed E-state index contributed by atoms with van der Waals surface area (Å²) in [6.45, 7) is 6.00. The SMILES string of the molecule is COc1ccc(S(=O)(=O)N2C[C@H](C)N(C(=O)N(C)C)[C@@H]2C(C)C)cc1. The smallest absolute Gasteiger partial charge is 0.321 e. The fraction of sp³-hybridized carbons (Fsp3) is 0.588. The second kappa shape index (κ2) is 7.21. The molecule has 1 fully saturated rings. The molecule has 0 aliphatic carbocycles. The second-order valence-corrected chi connectivity index (χ2v) is 8.73. The Morgan fingerprint density at radius 1 is 1.24 bits per heavy atom. The maximum absolute atomic E-state index is 13.2. The summed E-state index contributed by atoms with van der Waals surface area (Å²) in [6, 6.07) is 5.94. The lowest BCUT2D eigenvalue weighted by Gasteiger charge is -2.35. The van der Waals surface area contributed by atoms with Gasteiger partial charge in [-0.1, -0.05) is 13.8 Å². The predicted molar refractivity (Wildman–Crippen MR) is 95.9 cm³/mol. The molecular weight excluding hydrogens is 342 g/mol. The first-order valence-corrected chi connectivity index (χ1v) is 9.70. The number of hydrogen-bond acceptors (Lipinski definition) is 4. The number of urea groups is 1. The molecule has 2 rings (SSSR count). The van der Waals surface area contributed by atoms with Crippen molar-refractivity contribution in [2.45, 2.75) is 37.9 Å². The number of rotatable bonds is 4. The lowest BCUT2D eigenvalue weighted by molar-refractivity contribution is 0.116. The Balaban J connectivity index is 2.43. The van der Waals surface area contributed by atoms with E-state index < -0.39 is 16.2 Å². The summed E-state index contributed by atoms with van der Waals surface area (Å²) in [6.07, 6.45) is -0.517. The number of hydrogen-bond donors (Lipinski definition) is 0. The second-order valence-electron chi connectivity index (χ2n) is 6.84. The van der Waals surface area contributed by atoms with Crippen LogP contribution in [0.15, 0.2) is 29.2 Å². The molecule has 2 atom stereocenters. The highest BCUT2D eigenvalue weighted by Crippen LogP contribution is 2.32. The van der Waals surface area contributed by atoms with Crippen LogP contribution in [0.3, 0.4) is 0 Å². The zero-order valence-electron chi connectivity index (χ0n) is 15.6. The fourth-order valence-corrected chi connectivity index (χ4v) is 4.96. The van der Waals surface area contributed by atoms with E-state index in [1.165, 1.54) is 28.4 Å². The van der Waals surface area contributed by atoms with Crippen LogP contribution in [-0.2, 0) is 10.0 Å². The van der Waals surface area contributed by atoms with Crippen LogP contribution in [0.5, 0.6) is 5.75 Å². The van der Waals surface area contributed by atoms with Gasteiger partial charge in [-0.25, -0.2) is 13.2 Å². The Labute approximate surface area is 150 Å². The lowest BCUT2D eigenvalue weighted by atomic mass is 10.1. The van der Waals surface area contributed by atoms with Crippen molar-refractivity contribution in [2.24, 2.45) is 5.92 Å². The van der Waals surface area contributed by atoms with Crippen LogP contribution in [0.1, 0.15) is 20.8 Å². The molecule has 140 valence electrons. The van der Waals surface area contributed by atoms with Crippen molar-refractivity contribution < 1.29 is 17.9 Å². The molecule has 1 aliphatic heterocycles. The van der Waals surface area contributed by atoms with Crippen molar-refractivity contribution in [2.75, 3.05) is 27.7 Å².